The first-order valence-electron chi connectivity index (χ1n) is 9.45. The Morgan fingerprint density at radius 2 is 2.00 bits per heavy atom. The fraction of sp³-hybridized carbons (Fsp3) is 0.750. The number of unbranched alkanes of at least 4 members (excludes halogenated alkanes) is 3. The summed E-state index contributed by atoms with van der Waals surface area (Å²) in [6.45, 7) is 2.15. The number of hydrogen-bond donors (Lipinski definition) is 3. The summed E-state index contributed by atoms with van der Waals surface area (Å²) < 4.78 is 0. The molecule has 0 aliphatic heterocycles. The van der Waals surface area contributed by atoms with Crippen LogP contribution in [-0.4, -0.2) is 33.5 Å². The van der Waals surface area contributed by atoms with Crippen molar-refractivity contribution in [1.29, 1.82) is 0 Å². The van der Waals surface area contributed by atoms with Gasteiger partial charge in [0, 0.05) is 6.42 Å². The molecule has 0 radical (unpaired) electrons. The molecule has 0 aromatic rings. The van der Waals surface area contributed by atoms with Crippen molar-refractivity contribution in [1.82, 2.24) is 0 Å². The lowest BCUT2D eigenvalue weighted by atomic mass is 9.90. The average molecular weight is 338 g/mol. The first-order chi connectivity index (χ1) is 11.5. The van der Waals surface area contributed by atoms with Gasteiger partial charge in [0.2, 0.25) is 0 Å². The van der Waals surface area contributed by atoms with Crippen LogP contribution in [0, 0.1) is 11.8 Å². The van der Waals surface area contributed by atoms with E-state index < -0.39 is 5.97 Å². The summed E-state index contributed by atoms with van der Waals surface area (Å²) in [5, 5.41) is 28.8. The number of allylic oxidation sites excluding steroid dienone is 3. The second-order valence-corrected chi connectivity index (χ2v) is 6.91. The van der Waals surface area contributed by atoms with Crippen LogP contribution in [0.5, 0.6) is 0 Å². The van der Waals surface area contributed by atoms with Crippen molar-refractivity contribution in [2.75, 3.05) is 0 Å². The summed E-state index contributed by atoms with van der Waals surface area (Å²) in [6, 6.07) is 0. The van der Waals surface area contributed by atoms with Crippen LogP contribution in [-0.2, 0) is 4.79 Å². The lowest BCUT2D eigenvalue weighted by Crippen LogP contribution is -2.17. The maximum absolute atomic E-state index is 10.5. The van der Waals surface area contributed by atoms with Gasteiger partial charge < -0.3 is 15.3 Å². The Hall–Kier alpha value is -1.13. The van der Waals surface area contributed by atoms with E-state index in [0.29, 0.717) is 12.3 Å². The molecule has 1 saturated carbocycles. The Bertz CT molecular complexity index is 402. The van der Waals surface area contributed by atoms with Crippen molar-refractivity contribution in [3.63, 3.8) is 0 Å². The molecule has 4 heteroatoms. The molecule has 0 spiro atoms. The smallest absolute Gasteiger partial charge is 0.303 e. The number of carboxylic acid groups (broad SMARTS) is 1. The Kier molecular flexibility index (Phi) is 10.7. The molecule has 1 aliphatic rings. The lowest BCUT2D eigenvalue weighted by molar-refractivity contribution is -0.137. The van der Waals surface area contributed by atoms with E-state index >= 15 is 0 Å². The van der Waals surface area contributed by atoms with E-state index in [9.17, 15) is 15.0 Å². The molecular formula is C20H34O4. The molecule has 0 aromatic heterocycles. The molecule has 0 heterocycles. The minimum absolute atomic E-state index is 0.206. The van der Waals surface area contributed by atoms with Gasteiger partial charge in [-0.15, -0.1) is 0 Å². The topological polar surface area (TPSA) is 77.8 Å². The summed E-state index contributed by atoms with van der Waals surface area (Å²) >= 11 is 0. The third kappa shape index (κ3) is 8.65. The van der Waals surface area contributed by atoms with Crippen LogP contribution in [0.1, 0.15) is 71.1 Å². The molecule has 138 valence electrons. The summed E-state index contributed by atoms with van der Waals surface area (Å²) in [6.07, 6.45) is 15.9. The number of aliphatic hydroxyl groups excluding tert-OH is 2. The second-order valence-electron chi connectivity index (χ2n) is 6.91. The average Bonchev–Trinajstić information content (AvgIpc) is 2.89. The van der Waals surface area contributed by atoms with Crippen LogP contribution < -0.4 is 0 Å². The normalized spacial score (nSPS) is 25.7. The van der Waals surface area contributed by atoms with E-state index in [4.69, 9.17) is 5.11 Å². The van der Waals surface area contributed by atoms with Gasteiger partial charge in [-0.2, -0.15) is 0 Å². The van der Waals surface area contributed by atoms with Crippen LogP contribution >= 0.6 is 0 Å². The maximum Gasteiger partial charge on any atom is 0.303 e. The Morgan fingerprint density at radius 3 is 2.71 bits per heavy atom. The molecule has 1 aliphatic carbocycles. The van der Waals surface area contributed by atoms with Gasteiger partial charge in [-0.05, 0) is 50.4 Å². The quantitative estimate of drug-likeness (QED) is 0.370. The predicted octanol–water partition coefficient (Wildman–Crippen LogP) is 4.07. The van der Waals surface area contributed by atoms with Gasteiger partial charge >= 0.3 is 5.97 Å². The SMILES string of the molecule is CCCCC[C@H](O)/C=C/[C@H]1CC[C@@H](O)[C@@H]1C/C=C\CCCC(=O)O. The van der Waals surface area contributed by atoms with Gasteiger partial charge in [0.05, 0.1) is 12.2 Å². The second kappa shape index (κ2) is 12.3. The molecule has 24 heavy (non-hydrogen) atoms. The van der Waals surface area contributed by atoms with E-state index in [1.807, 2.05) is 12.2 Å². The Balaban J connectivity index is 2.35. The van der Waals surface area contributed by atoms with Crippen molar-refractivity contribution < 1.29 is 20.1 Å². The molecule has 1 rings (SSSR count). The van der Waals surface area contributed by atoms with Crippen LogP contribution in [0.3, 0.4) is 0 Å². The van der Waals surface area contributed by atoms with Gasteiger partial charge in [0.15, 0.2) is 0 Å². The van der Waals surface area contributed by atoms with E-state index in [0.717, 1.165) is 51.4 Å². The van der Waals surface area contributed by atoms with Crippen molar-refractivity contribution in [2.24, 2.45) is 11.8 Å². The van der Waals surface area contributed by atoms with Crippen molar-refractivity contribution in [3.05, 3.63) is 24.3 Å². The zero-order valence-corrected chi connectivity index (χ0v) is 14.9. The number of carboxylic acids is 1. The van der Waals surface area contributed by atoms with Crippen LogP contribution in [0.15, 0.2) is 24.3 Å². The molecule has 4 nitrogen and oxygen atoms in total. The number of hydrogen-bond acceptors (Lipinski definition) is 3. The third-order valence-electron chi connectivity index (χ3n) is 4.86. The zero-order valence-electron chi connectivity index (χ0n) is 14.9. The van der Waals surface area contributed by atoms with Crippen molar-refractivity contribution in [3.8, 4) is 0 Å². The summed E-state index contributed by atoms with van der Waals surface area (Å²) in [5.74, 6) is -0.221. The molecule has 0 aromatic carbocycles. The number of aliphatic hydroxyl groups is 2. The van der Waals surface area contributed by atoms with Crippen LogP contribution in [0.2, 0.25) is 0 Å². The van der Waals surface area contributed by atoms with Crippen molar-refractivity contribution >= 4 is 5.97 Å². The summed E-state index contributed by atoms with van der Waals surface area (Å²) in [4.78, 5) is 10.5. The maximum atomic E-state index is 10.5. The number of carbonyl (C=O) groups is 1. The number of rotatable bonds is 12. The molecule has 0 bridgehead atoms. The summed E-state index contributed by atoms with van der Waals surface area (Å²) in [7, 11) is 0. The first-order valence-corrected chi connectivity index (χ1v) is 9.45. The van der Waals surface area contributed by atoms with Gasteiger partial charge in [0.25, 0.3) is 0 Å². The van der Waals surface area contributed by atoms with Crippen LogP contribution in [0.25, 0.3) is 0 Å². The minimum Gasteiger partial charge on any atom is -0.481 e. The number of aliphatic carboxylic acids is 1. The third-order valence-corrected chi connectivity index (χ3v) is 4.86. The van der Waals surface area contributed by atoms with Gasteiger partial charge in [-0.3, -0.25) is 4.79 Å². The van der Waals surface area contributed by atoms with E-state index in [1.54, 1.807) is 0 Å². The Morgan fingerprint density at radius 1 is 1.21 bits per heavy atom. The molecule has 4 atom stereocenters. The van der Waals surface area contributed by atoms with Gasteiger partial charge in [-0.1, -0.05) is 50.5 Å². The molecule has 0 amide bonds. The fourth-order valence-corrected chi connectivity index (χ4v) is 3.36. The highest BCUT2D eigenvalue weighted by Gasteiger charge is 2.32. The van der Waals surface area contributed by atoms with Crippen molar-refractivity contribution in [2.45, 2.75) is 83.3 Å². The standard InChI is InChI=1S/C20H34O4/c1-2-3-6-9-17(21)14-12-16-13-15-19(22)18(16)10-7-4-5-8-11-20(23)24/h4,7,12,14,16-19,21-22H,2-3,5-6,8-11,13,15H2,1H3,(H,23,24)/b7-4-,14-12+/t16-,17-,18+,19+/m0/s1. The lowest BCUT2D eigenvalue weighted by Gasteiger charge is -2.18. The Labute approximate surface area is 146 Å². The predicted molar refractivity (Wildman–Crippen MR) is 96.8 cm³/mol. The highest BCUT2D eigenvalue weighted by molar-refractivity contribution is 5.66. The molecule has 0 saturated heterocycles. The monoisotopic (exact) mass is 338 g/mol. The van der Waals surface area contributed by atoms with E-state index in [1.165, 1.54) is 0 Å². The largest absolute Gasteiger partial charge is 0.481 e. The van der Waals surface area contributed by atoms with E-state index in [2.05, 4.69) is 19.1 Å². The summed E-state index contributed by atoms with van der Waals surface area (Å²) in [5.41, 5.74) is 0. The highest BCUT2D eigenvalue weighted by Crippen LogP contribution is 2.36. The van der Waals surface area contributed by atoms with Gasteiger partial charge in [-0.25, -0.2) is 0 Å². The highest BCUT2D eigenvalue weighted by atomic mass is 16.4. The molecule has 3 N–H and O–H groups in total. The van der Waals surface area contributed by atoms with Crippen LogP contribution in [0.4, 0.5) is 0 Å². The van der Waals surface area contributed by atoms with E-state index in [-0.39, 0.29) is 24.5 Å². The zero-order chi connectivity index (χ0) is 17.8. The molecular weight excluding hydrogens is 304 g/mol. The fourth-order valence-electron chi connectivity index (χ4n) is 3.36. The van der Waals surface area contributed by atoms with Gasteiger partial charge in [0.1, 0.15) is 0 Å². The molecule has 0 unspecified atom stereocenters. The molecule has 1 fully saturated rings. The first kappa shape index (κ1) is 20.9. The minimum atomic E-state index is -0.752.